The first kappa shape index (κ1) is 17.2. The fourth-order valence-electron chi connectivity index (χ4n) is 2.58. The van der Waals surface area contributed by atoms with Crippen molar-refractivity contribution < 1.29 is 4.79 Å². The van der Waals surface area contributed by atoms with Crippen LogP contribution in [0.15, 0.2) is 70.1 Å². The monoisotopic (exact) mass is 348 g/mol. The molecule has 2 aromatic rings. The molecule has 25 heavy (non-hydrogen) atoms. The van der Waals surface area contributed by atoms with E-state index < -0.39 is 0 Å². The number of carbonyl (C=O) groups excluding carboxylic acids is 1. The largest absolute Gasteiger partial charge is 0.300 e. The minimum atomic E-state index is -0.102. The van der Waals surface area contributed by atoms with Crippen molar-refractivity contribution >= 4 is 34.6 Å². The zero-order chi connectivity index (χ0) is 17.8. The van der Waals surface area contributed by atoms with Crippen LogP contribution in [0.1, 0.15) is 23.6 Å². The molecule has 0 saturated carbocycles. The van der Waals surface area contributed by atoms with Crippen LogP contribution in [0, 0.1) is 13.8 Å². The van der Waals surface area contributed by atoms with Crippen LogP contribution in [0.3, 0.4) is 0 Å². The molecule has 1 N–H and O–H groups in total. The zero-order valence-electron chi connectivity index (χ0n) is 14.5. The maximum absolute atomic E-state index is 12.2. The number of nitrogens with one attached hydrogen (secondary N) is 1. The number of rotatable bonds is 3. The number of amidine groups is 1. The number of thioether (sulfide) groups is 1. The van der Waals surface area contributed by atoms with Gasteiger partial charge in [0.1, 0.15) is 0 Å². The summed E-state index contributed by atoms with van der Waals surface area (Å²) in [5.41, 5.74) is 5.32. The van der Waals surface area contributed by atoms with Gasteiger partial charge in [-0.1, -0.05) is 54.1 Å². The lowest BCUT2D eigenvalue weighted by molar-refractivity contribution is -0.115. The first-order chi connectivity index (χ1) is 12.0. The van der Waals surface area contributed by atoms with Gasteiger partial charge in [-0.15, -0.1) is 0 Å². The highest BCUT2D eigenvalue weighted by atomic mass is 32.2. The summed E-state index contributed by atoms with van der Waals surface area (Å²) in [5.74, 6) is -0.102. The molecule has 1 fully saturated rings. The summed E-state index contributed by atoms with van der Waals surface area (Å²) in [6.07, 6.45) is 3.96. The molecule has 126 valence electrons. The molecule has 3 nitrogen and oxygen atoms in total. The number of hydrogen-bond donors (Lipinski definition) is 1. The molecule has 0 atom stereocenters. The molecule has 3 rings (SSSR count). The summed E-state index contributed by atoms with van der Waals surface area (Å²) in [6, 6.07) is 16.2. The Morgan fingerprint density at radius 3 is 2.60 bits per heavy atom. The smallest absolute Gasteiger partial charge is 0.264 e. The molecule has 1 aliphatic heterocycles. The van der Waals surface area contributed by atoms with Gasteiger partial charge >= 0.3 is 0 Å². The van der Waals surface area contributed by atoms with E-state index >= 15 is 0 Å². The fraction of sp³-hybridized carbons (Fsp3) is 0.143. The van der Waals surface area contributed by atoms with Crippen molar-refractivity contribution in [2.75, 3.05) is 0 Å². The third-order valence-corrected chi connectivity index (χ3v) is 4.69. The summed E-state index contributed by atoms with van der Waals surface area (Å²) < 4.78 is 0. The first-order valence-electron chi connectivity index (χ1n) is 8.11. The van der Waals surface area contributed by atoms with Crippen LogP contribution in [-0.4, -0.2) is 11.1 Å². The molecular formula is C21H20N2OS. The zero-order valence-corrected chi connectivity index (χ0v) is 15.4. The third-order valence-electron chi connectivity index (χ3n) is 3.78. The van der Waals surface area contributed by atoms with Crippen molar-refractivity contribution in [3.8, 4) is 0 Å². The van der Waals surface area contributed by atoms with E-state index in [2.05, 4.69) is 29.4 Å². The Balaban J connectivity index is 1.80. The van der Waals surface area contributed by atoms with Crippen LogP contribution in [-0.2, 0) is 4.79 Å². The minimum Gasteiger partial charge on any atom is -0.300 e. The average Bonchev–Trinajstić information content (AvgIpc) is 2.90. The van der Waals surface area contributed by atoms with Crippen LogP contribution in [0.4, 0.5) is 5.69 Å². The van der Waals surface area contributed by atoms with E-state index in [0.29, 0.717) is 10.1 Å². The highest BCUT2D eigenvalue weighted by Gasteiger charge is 2.23. The maximum Gasteiger partial charge on any atom is 0.264 e. The van der Waals surface area contributed by atoms with Gasteiger partial charge in [-0.3, -0.25) is 4.79 Å². The Kier molecular flexibility index (Phi) is 5.19. The van der Waals surface area contributed by atoms with Gasteiger partial charge < -0.3 is 5.32 Å². The second kappa shape index (κ2) is 7.53. The van der Waals surface area contributed by atoms with Gasteiger partial charge in [-0.2, -0.15) is 0 Å². The predicted octanol–water partition coefficient (Wildman–Crippen LogP) is 5.14. The Labute approximate surface area is 152 Å². The number of aryl methyl sites for hydroxylation is 2. The lowest BCUT2D eigenvalue weighted by Crippen LogP contribution is -2.19. The number of nitrogens with zero attached hydrogens (tertiary/aromatic N) is 1. The standard InChI is InChI=1S/C21H20N2OS/c1-14-9-10-18(16(3)11-14)22-21-23-20(24)19(25-21)13-15(2)12-17-7-5-4-6-8-17/h4-13H,1-3H3,(H,22,23,24)/b15-12-,19-13-. The molecule has 1 amide bonds. The number of hydrogen-bond acceptors (Lipinski definition) is 3. The van der Waals surface area contributed by atoms with Crippen LogP contribution in [0.2, 0.25) is 0 Å². The van der Waals surface area contributed by atoms with Gasteiger partial charge in [-0.05, 0) is 61.4 Å². The Morgan fingerprint density at radius 1 is 1.12 bits per heavy atom. The highest BCUT2D eigenvalue weighted by molar-refractivity contribution is 8.18. The van der Waals surface area contributed by atoms with Gasteiger partial charge in [-0.25, -0.2) is 4.99 Å². The quantitative estimate of drug-likeness (QED) is 0.780. The number of amides is 1. The van der Waals surface area contributed by atoms with Crippen LogP contribution < -0.4 is 5.32 Å². The van der Waals surface area contributed by atoms with Crippen LogP contribution in [0.5, 0.6) is 0 Å². The molecule has 0 aromatic heterocycles. The maximum atomic E-state index is 12.2. The lowest BCUT2D eigenvalue weighted by atomic mass is 10.1. The van der Waals surface area contributed by atoms with Gasteiger partial charge in [0.05, 0.1) is 10.6 Å². The van der Waals surface area contributed by atoms with E-state index in [4.69, 9.17) is 0 Å². The molecule has 0 unspecified atom stereocenters. The summed E-state index contributed by atoms with van der Waals surface area (Å²) >= 11 is 1.38. The van der Waals surface area contributed by atoms with Gasteiger partial charge in [0.2, 0.25) is 0 Å². The molecule has 1 aliphatic rings. The van der Waals surface area contributed by atoms with Crippen molar-refractivity contribution in [2.45, 2.75) is 20.8 Å². The first-order valence-corrected chi connectivity index (χ1v) is 8.93. The highest BCUT2D eigenvalue weighted by Crippen LogP contribution is 2.29. The van der Waals surface area contributed by atoms with Crippen molar-refractivity contribution in [1.29, 1.82) is 0 Å². The summed E-state index contributed by atoms with van der Waals surface area (Å²) in [6.45, 7) is 6.07. The second-order valence-corrected chi connectivity index (χ2v) is 7.10. The van der Waals surface area contributed by atoms with E-state index in [0.717, 1.165) is 22.4 Å². The Bertz CT molecular complexity index is 895. The number of carbonyl (C=O) groups is 1. The summed E-state index contributed by atoms with van der Waals surface area (Å²) in [4.78, 5) is 17.4. The number of allylic oxidation sites excluding steroid dienone is 2. The third kappa shape index (κ3) is 4.48. The van der Waals surface area contributed by atoms with Gasteiger partial charge in [0, 0.05) is 0 Å². The van der Waals surface area contributed by atoms with E-state index in [9.17, 15) is 4.79 Å². The number of benzene rings is 2. The Morgan fingerprint density at radius 2 is 1.88 bits per heavy atom. The van der Waals surface area contributed by atoms with Crippen LogP contribution >= 0.6 is 11.8 Å². The topological polar surface area (TPSA) is 41.5 Å². The molecule has 1 heterocycles. The van der Waals surface area contributed by atoms with Gasteiger partial charge in [0.15, 0.2) is 5.17 Å². The molecule has 1 saturated heterocycles. The van der Waals surface area contributed by atoms with E-state index in [1.165, 1.54) is 17.3 Å². The molecule has 0 spiro atoms. The molecule has 2 aromatic carbocycles. The average molecular weight is 348 g/mol. The second-order valence-electron chi connectivity index (χ2n) is 6.07. The SMILES string of the molecule is CC(=C/c1ccccc1)/C=C1\SC(=Nc2ccc(C)cc2C)NC1=O. The van der Waals surface area contributed by atoms with Crippen molar-refractivity contribution in [3.63, 3.8) is 0 Å². The molecular weight excluding hydrogens is 328 g/mol. The van der Waals surface area contributed by atoms with Crippen molar-refractivity contribution in [1.82, 2.24) is 5.32 Å². The number of aliphatic imine (C=N–C) groups is 1. The van der Waals surface area contributed by atoms with E-state index in [-0.39, 0.29) is 5.91 Å². The van der Waals surface area contributed by atoms with E-state index in [1.807, 2.05) is 62.4 Å². The molecule has 0 bridgehead atoms. The fourth-order valence-corrected chi connectivity index (χ4v) is 3.47. The lowest BCUT2D eigenvalue weighted by Gasteiger charge is -2.02. The molecule has 0 aliphatic carbocycles. The van der Waals surface area contributed by atoms with Crippen molar-refractivity contribution in [3.05, 3.63) is 81.8 Å². The van der Waals surface area contributed by atoms with Crippen molar-refractivity contribution in [2.24, 2.45) is 4.99 Å². The molecule has 4 heteroatoms. The summed E-state index contributed by atoms with van der Waals surface area (Å²) in [7, 11) is 0. The van der Waals surface area contributed by atoms with Crippen LogP contribution in [0.25, 0.3) is 6.08 Å². The van der Waals surface area contributed by atoms with Gasteiger partial charge in [0.25, 0.3) is 5.91 Å². The Hall–Kier alpha value is -2.59. The minimum absolute atomic E-state index is 0.102. The predicted molar refractivity (Wildman–Crippen MR) is 107 cm³/mol. The summed E-state index contributed by atoms with van der Waals surface area (Å²) in [5, 5.41) is 3.46. The normalized spacial score (nSPS) is 18.0. The molecule has 0 radical (unpaired) electrons. The van der Waals surface area contributed by atoms with E-state index in [1.54, 1.807) is 0 Å².